The van der Waals surface area contributed by atoms with E-state index in [0.717, 1.165) is 47.7 Å². The molecule has 3 rings (SSSR count). The summed E-state index contributed by atoms with van der Waals surface area (Å²) in [5.74, 6) is 2.70. The molecule has 0 unspecified atom stereocenters. The van der Waals surface area contributed by atoms with Crippen LogP contribution in [0.2, 0.25) is 0 Å². The Balaban J connectivity index is 2.09. The SMILES string of the molecule is CCn1c(CCCN)nc2cc3c(cc21)OCCO3. The maximum Gasteiger partial charge on any atom is 0.163 e. The minimum atomic E-state index is 0.604. The predicted octanol–water partition coefficient (Wildman–Crippen LogP) is 1.72. The molecule has 0 fully saturated rings. The van der Waals surface area contributed by atoms with E-state index in [1.807, 2.05) is 12.1 Å². The Bertz CT molecular complexity index is 592. The number of benzene rings is 1. The fraction of sp³-hybridized carbons (Fsp3) is 0.500. The number of hydrogen-bond donors (Lipinski definition) is 1. The van der Waals surface area contributed by atoms with Crippen LogP contribution in [0.4, 0.5) is 0 Å². The van der Waals surface area contributed by atoms with Crippen molar-refractivity contribution in [2.75, 3.05) is 19.8 Å². The van der Waals surface area contributed by atoms with E-state index in [9.17, 15) is 0 Å². The van der Waals surface area contributed by atoms with Crippen LogP contribution in [-0.2, 0) is 13.0 Å². The van der Waals surface area contributed by atoms with Crippen molar-refractivity contribution in [1.82, 2.24) is 9.55 Å². The summed E-state index contributed by atoms with van der Waals surface area (Å²) in [6.45, 7) is 4.93. The molecule has 5 heteroatoms. The lowest BCUT2D eigenvalue weighted by atomic mass is 10.2. The number of aromatic nitrogens is 2. The molecular formula is C14H19N3O2. The maximum absolute atomic E-state index is 5.64. The van der Waals surface area contributed by atoms with Crippen LogP contribution in [0.1, 0.15) is 19.2 Å². The number of hydrogen-bond acceptors (Lipinski definition) is 4. The Morgan fingerprint density at radius 3 is 2.68 bits per heavy atom. The molecule has 0 radical (unpaired) electrons. The standard InChI is InChI=1S/C14H19N3O2/c1-2-17-11-9-13-12(18-6-7-19-13)8-10(11)16-14(17)4-3-5-15/h8-9H,2-7,15H2,1H3. The highest BCUT2D eigenvalue weighted by molar-refractivity contribution is 5.80. The lowest BCUT2D eigenvalue weighted by Gasteiger charge is -2.18. The summed E-state index contributed by atoms with van der Waals surface area (Å²) in [5.41, 5.74) is 7.67. The van der Waals surface area contributed by atoms with Crippen molar-refractivity contribution in [2.45, 2.75) is 26.3 Å². The second-order valence-corrected chi connectivity index (χ2v) is 4.65. The molecule has 1 aliphatic rings. The Labute approximate surface area is 112 Å². The summed E-state index contributed by atoms with van der Waals surface area (Å²) in [7, 11) is 0. The van der Waals surface area contributed by atoms with E-state index in [-0.39, 0.29) is 0 Å². The fourth-order valence-corrected chi connectivity index (χ4v) is 2.52. The van der Waals surface area contributed by atoms with Gasteiger partial charge in [-0.25, -0.2) is 4.98 Å². The summed E-state index contributed by atoms with van der Waals surface area (Å²) in [5, 5.41) is 0. The first-order valence-electron chi connectivity index (χ1n) is 6.82. The molecule has 2 N–H and O–H groups in total. The molecule has 1 aromatic heterocycles. The first kappa shape index (κ1) is 12.3. The van der Waals surface area contributed by atoms with Gasteiger partial charge < -0.3 is 19.8 Å². The van der Waals surface area contributed by atoms with Crippen LogP contribution < -0.4 is 15.2 Å². The summed E-state index contributed by atoms with van der Waals surface area (Å²) in [6.07, 6.45) is 1.86. The molecule has 0 atom stereocenters. The highest BCUT2D eigenvalue weighted by Gasteiger charge is 2.17. The zero-order chi connectivity index (χ0) is 13.2. The Morgan fingerprint density at radius 1 is 1.26 bits per heavy atom. The Hall–Kier alpha value is -1.75. The van der Waals surface area contributed by atoms with Crippen LogP contribution in [0.5, 0.6) is 11.5 Å². The van der Waals surface area contributed by atoms with Gasteiger partial charge in [0, 0.05) is 25.1 Å². The van der Waals surface area contributed by atoms with Gasteiger partial charge in [-0.1, -0.05) is 0 Å². The molecule has 1 aromatic carbocycles. The van der Waals surface area contributed by atoms with Crippen molar-refractivity contribution >= 4 is 11.0 Å². The van der Waals surface area contributed by atoms with E-state index in [2.05, 4.69) is 11.5 Å². The molecule has 0 saturated carbocycles. The van der Waals surface area contributed by atoms with Crippen molar-refractivity contribution in [3.63, 3.8) is 0 Å². The van der Waals surface area contributed by atoms with Gasteiger partial charge in [-0.05, 0) is 19.9 Å². The van der Waals surface area contributed by atoms with Crippen LogP contribution in [0, 0.1) is 0 Å². The molecule has 1 aliphatic heterocycles. The average molecular weight is 261 g/mol. The highest BCUT2D eigenvalue weighted by atomic mass is 16.6. The number of imidazole rings is 1. The quantitative estimate of drug-likeness (QED) is 0.910. The fourth-order valence-electron chi connectivity index (χ4n) is 2.52. The van der Waals surface area contributed by atoms with E-state index >= 15 is 0 Å². The third-order valence-corrected chi connectivity index (χ3v) is 3.41. The van der Waals surface area contributed by atoms with E-state index in [1.54, 1.807) is 0 Å². The van der Waals surface area contributed by atoms with E-state index < -0.39 is 0 Å². The third kappa shape index (κ3) is 2.14. The minimum Gasteiger partial charge on any atom is -0.486 e. The van der Waals surface area contributed by atoms with Crippen molar-refractivity contribution in [3.8, 4) is 11.5 Å². The number of ether oxygens (including phenoxy) is 2. The first-order valence-corrected chi connectivity index (χ1v) is 6.82. The lowest BCUT2D eigenvalue weighted by Crippen LogP contribution is -2.15. The van der Waals surface area contributed by atoms with Crippen molar-refractivity contribution in [2.24, 2.45) is 5.73 Å². The molecule has 0 amide bonds. The molecule has 0 saturated heterocycles. The van der Waals surface area contributed by atoms with Gasteiger partial charge in [0.25, 0.3) is 0 Å². The van der Waals surface area contributed by atoms with Crippen LogP contribution in [0.3, 0.4) is 0 Å². The van der Waals surface area contributed by atoms with Gasteiger partial charge in [0.15, 0.2) is 11.5 Å². The third-order valence-electron chi connectivity index (χ3n) is 3.41. The average Bonchev–Trinajstić information content (AvgIpc) is 2.78. The molecular weight excluding hydrogens is 242 g/mol. The van der Waals surface area contributed by atoms with Crippen molar-refractivity contribution in [3.05, 3.63) is 18.0 Å². The van der Waals surface area contributed by atoms with Crippen LogP contribution >= 0.6 is 0 Å². The monoisotopic (exact) mass is 261 g/mol. The lowest BCUT2D eigenvalue weighted by molar-refractivity contribution is 0.172. The largest absolute Gasteiger partial charge is 0.486 e. The molecule has 19 heavy (non-hydrogen) atoms. The van der Waals surface area contributed by atoms with Gasteiger partial charge in [0.1, 0.15) is 19.0 Å². The van der Waals surface area contributed by atoms with E-state index in [4.69, 9.17) is 20.2 Å². The number of aryl methyl sites for hydroxylation is 2. The number of rotatable bonds is 4. The Morgan fingerprint density at radius 2 is 2.00 bits per heavy atom. The second kappa shape index (κ2) is 5.09. The number of fused-ring (bicyclic) bond motifs is 2. The number of nitrogens with two attached hydrogens (primary N) is 1. The minimum absolute atomic E-state index is 0.604. The van der Waals surface area contributed by atoms with Gasteiger partial charge in [-0.2, -0.15) is 0 Å². The molecule has 2 heterocycles. The van der Waals surface area contributed by atoms with Crippen molar-refractivity contribution < 1.29 is 9.47 Å². The van der Waals surface area contributed by atoms with Crippen molar-refractivity contribution in [1.29, 1.82) is 0 Å². The first-order chi connectivity index (χ1) is 9.33. The molecule has 0 spiro atoms. The highest BCUT2D eigenvalue weighted by Crippen LogP contribution is 2.34. The van der Waals surface area contributed by atoms with E-state index in [0.29, 0.717) is 19.8 Å². The summed E-state index contributed by atoms with van der Waals surface area (Å²) >= 11 is 0. The predicted molar refractivity (Wildman–Crippen MR) is 73.8 cm³/mol. The zero-order valence-electron chi connectivity index (χ0n) is 11.2. The maximum atomic E-state index is 5.64. The Kier molecular flexibility index (Phi) is 3.29. The summed E-state index contributed by atoms with van der Waals surface area (Å²) in [6, 6.07) is 4.01. The van der Waals surface area contributed by atoms with Gasteiger partial charge in [0.05, 0.1) is 11.0 Å². The molecule has 0 bridgehead atoms. The molecule has 0 aliphatic carbocycles. The summed E-state index contributed by atoms with van der Waals surface area (Å²) in [4.78, 5) is 4.70. The van der Waals surface area contributed by atoms with Gasteiger partial charge in [-0.15, -0.1) is 0 Å². The van der Waals surface area contributed by atoms with Crippen LogP contribution in [-0.4, -0.2) is 29.3 Å². The topological polar surface area (TPSA) is 62.3 Å². The molecule has 5 nitrogen and oxygen atoms in total. The normalized spacial score (nSPS) is 14.0. The second-order valence-electron chi connectivity index (χ2n) is 4.65. The van der Waals surface area contributed by atoms with Crippen LogP contribution in [0.25, 0.3) is 11.0 Å². The van der Waals surface area contributed by atoms with Crippen LogP contribution in [0.15, 0.2) is 12.1 Å². The van der Waals surface area contributed by atoms with E-state index in [1.165, 1.54) is 0 Å². The number of nitrogens with zero attached hydrogens (tertiary/aromatic N) is 2. The molecule has 102 valence electrons. The van der Waals surface area contributed by atoms with Gasteiger partial charge >= 0.3 is 0 Å². The van der Waals surface area contributed by atoms with Gasteiger partial charge in [0.2, 0.25) is 0 Å². The summed E-state index contributed by atoms with van der Waals surface area (Å²) < 4.78 is 13.5. The smallest absolute Gasteiger partial charge is 0.163 e. The molecule has 2 aromatic rings. The zero-order valence-corrected chi connectivity index (χ0v) is 11.2. The van der Waals surface area contributed by atoms with Gasteiger partial charge in [-0.3, -0.25) is 0 Å².